The molecule has 2 rings (SSSR count). The molecule has 3 nitrogen and oxygen atoms in total. The molecule has 3 heteroatoms. The number of nitrogens with two attached hydrogens (primary N) is 1. The highest BCUT2D eigenvalue weighted by atomic mass is 14.8. The first-order valence-electron chi connectivity index (χ1n) is 5.13. The monoisotopic (exact) mass is 201 g/mol. The first-order valence-corrected chi connectivity index (χ1v) is 5.13. The lowest BCUT2D eigenvalue weighted by Crippen LogP contribution is -1.98. The number of hydrogen-bond acceptors (Lipinski definition) is 3. The van der Waals surface area contributed by atoms with Gasteiger partial charge >= 0.3 is 0 Å². The van der Waals surface area contributed by atoms with E-state index < -0.39 is 0 Å². The minimum absolute atomic E-state index is 0.543. The lowest BCUT2D eigenvalue weighted by atomic mass is 10.0. The summed E-state index contributed by atoms with van der Waals surface area (Å²) < 4.78 is 0. The fourth-order valence-electron chi connectivity index (χ4n) is 1.57. The third kappa shape index (κ3) is 2.06. The van der Waals surface area contributed by atoms with Crippen LogP contribution < -0.4 is 5.73 Å². The van der Waals surface area contributed by atoms with Gasteiger partial charge in [-0.25, -0.2) is 4.98 Å². The van der Waals surface area contributed by atoms with Gasteiger partial charge in [0, 0.05) is 11.8 Å². The molecule has 2 heterocycles. The maximum absolute atomic E-state index is 5.63. The molecule has 0 atom stereocenters. The Kier molecular flexibility index (Phi) is 2.54. The molecule has 1 aliphatic heterocycles. The van der Waals surface area contributed by atoms with E-state index in [9.17, 15) is 0 Å². The molecule has 0 spiro atoms. The number of pyridine rings is 1. The van der Waals surface area contributed by atoms with Crippen molar-refractivity contribution in [1.82, 2.24) is 4.98 Å². The van der Waals surface area contributed by atoms with E-state index in [2.05, 4.69) is 29.9 Å². The van der Waals surface area contributed by atoms with Gasteiger partial charge in [-0.05, 0) is 29.7 Å². The molecule has 0 unspecified atom stereocenters. The van der Waals surface area contributed by atoms with Gasteiger partial charge in [0.15, 0.2) is 0 Å². The van der Waals surface area contributed by atoms with Crippen LogP contribution in [0.2, 0.25) is 0 Å². The van der Waals surface area contributed by atoms with Crippen molar-refractivity contribution in [3.8, 4) is 0 Å². The number of nitrogen functional groups attached to an aromatic ring is 1. The van der Waals surface area contributed by atoms with Crippen LogP contribution >= 0.6 is 0 Å². The molecule has 0 amide bonds. The van der Waals surface area contributed by atoms with Crippen molar-refractivity contribution in [3.63, 3.8) is 0 Å². The Morgan fingerprint density at radius 2 is 2.20 bits per heavy atom. The van der Waals surface area contributed by atoms with E-state index in [1.807, 2.05) is 12.1 Å². The molecule has 1 aromatic rings. The molecule has 15 heavy (non-hydrogen) atoms. The molecule has 1 aromatic heterocycles. The van der Waals surface area contributed by atoms with E-state index in [1.165, 1.54) is 5.57 Å². The van der Waals surface area contributed by atoms with Crippen molar-refractivity contribution in [2.24, 2.45) is 10.9 Å². The van der Waals surface area contributed by atoms with Crippen molar-refractivity contribution in [1.29, 1.82) is 0 Å². The maximum Gasteiger partial charge on any atom is 0.123 e. The van der Waals surface area contributed by atoms with Crippen LogP contribution in [-0.4, -0.2) is 17.2 Å². The minimum Gasteiger partial charge on any atom is -0.384 e. The number of anilines is 1. The first kappa shape index (κ1) is 9.90. The fraction of sp³-hybridized carbons (Fsp3) is 0.333. The highest BCUT2D eigenvalue weighted by Crippen LogP contribution is 2.18. The topological polar surface area (TPSA) is 51.3 Å². The second-order valence-corrected chi connectivity index (χ2v) is 4.04. The summed E-state index contributed by atoms with van der Waals surface area (Å²) in [7, 11) is 0. The van der Waals surface area contributed by atoms with Gasteiger partial charge in [-0.15, -0.1) is 0 Å². The van der Waals surface area contributed by atoms with Crippen LogP contribution in [0.3, 0.4) is 0 Å². The van der Waals surface area contributed by atoms with Gasteiger partial charge in [0.05, 0.1) is 12.3 Å². The normalized spacial score (nSPS) is 15.4. The standard InChI is InChI=1S/C12H15N3/c1-8(2)10-5-11(15-7-10)9-3-4-14-12(13)6-9/h3-6,8H,7H2,1-2H3,(H2,13,14). The van der Waals surface area contributed by atoms with E-state index in [0.717, 1.165) is 17.8 Å². The Hall–Kier alpha value is -1.64. The zero-order chi connectivity index (χ0) is 10.8. The summed E-state index contributed by atoms with van der Waals surface area (Å²) in [5, 5.41) is 0. The van der Waals surface area contributed by atoms with Gasteiger partial charge in [-0.3, -0.25) is 4.99 Å². The third-order valence-electron chi connectivity index (χ3n) is 2.57. The van der Waals surface area contributed by atoms with Crippen LogP contribution in [0.4, 0.5) is 5.82 Å². The maximum atomic E-state index is 5.63. The Morgan fingerprint density at radius 1 is 1.40 bits per heavy atom. The molecule has 0 fully saturated rings. The summed E-state index contributed by atoms with van der Waals surface area (Å²) in [6, 6.07) is 3.80. The van der Waals surface area contributed by atoms with Gasteiger partial charge in [0.1, 0.15) is 5.82 Å². The number of rotatable bonds is 2. The van der Waals surface area contributed by atoms with Gasteiger partial charge in [-0.1, -0.05) is 13.8 Å². The Labute approximate surface area is 89.7 Å². The highest BCUT2D eigenvalue weighted by Gasteiger charge is 2.12. The van der Waals surface area contributed by atoms with E-state index in [4.69, 9.17) is 5.73 Å². The van der Waals surface area contributed by atoms with Crippen LogP contribution in [0.15, 0.2) is 35.0 Å². The Balaban J connectivity index is 2.27. The molecule has 0 radical (unpaired) electrons. The molecule has 0 bridgehead atoms. The average Bonchev–Trinajstić information content (AvgIpc) is 2.66. The predicted molar refractivity (Wildman–Crippen MR) is 63.0 cm³/mol. The van der Waals surface area contributed by atoms with Crippen LogP contribution in [0.25, 0.3) is 0 Å². The first-order chi connectivity index (χ1) is 7.16. The predicted octanol–water partition coefficient (Wildman–Crippen LogP) is 2.05. The third-order valence-corrected chi connectivity index (χ3v) is 2.57. The highest BCUT2D eigenvalue weighted by molar-refractivity contribution is 6.10. The van der Waals surface area contributed by atoms with Crippen LogP contribution in [0, 0.1) is 5.92 Å². The van der Waals surface area contributed by atoms with Crippen LogP contribution in [0.5, 0.6) is 0 Å². The molecular formula is C12H15N3. The van der Waals surface area contributed by atoms with E-state index in [-0.39, 0.29) is 0 Å². The molecule has 0 aromatic carbocycles. The Morgan fingerprint density at radius 3 is 2.80 bits per heavy atom. The van der Waals surface area contributed by atoms with Gasteiger partial charge in [0.25, 0.3) is 0 Å². The van der Waals surface area contributed by atoms with Crippen molar-refractivity contribution in [3.05, 3.63) is 35.5 Å². The number of aromatic nitrogens is 1. The molecule has 0 saturated carbocycles. The van der Waals surface area contributed by atoms with Crippen molar-refractivity contribution < 1.29 is 0 Å². The molecule has 2 N–H and O–H groups in total. The quantitative estimate of drug-likeness (QED) is 0.796. The molecule has 78 valence electrons. The number of allylic oxidation sites excluding steroid dienone is 1. The fourth-order valence-corrected chi connectivity index (χ4v) is 1.57. The molecule has 1 aliphatic rings. The Bertz CT molecular complexity index is 430. The van der Waals surface area contributed by atoms with Crippen molar-refractivity contribution in [2.45, 2.75) is 13.8 Å². The summed E-state index contributed by atoms with van der Waals surface area (Å²) in [5.74, 6) is 1.10. The number of hydrogen-bond donors (Lipinski definition) is 1. The smallest absolute Gasteiger partial charge is 0.123 e. The summed E-state index contributed by atoms with van der Waals surface area (Å²) in [6.45, 7) is 5.19. The van der Waals surface area contributed by atoms with E-state index in [1.54, 1.807) is 6.20 Å². The number of nitrogens with zero attached hydrogens (tertiary/aromatic N) is 2. The molecule has 0 saturated heterocycles. The minimum atomic E-state index is 0.543. The second kappa shape index (κ2) is 3.85. The second-order valence-electron chi connectivity index (χ2n) is 4.04. The number of aliphatic imine (C=N–C) groups is 1. The zero-order valence-corrected chi connectivity index (χ0v) is 9.07. The summed E-state index contributed by atoms with van der Waals surface area (Å²) in [4.78, 5) is 8.46. The molecule has 0 aliphatic carbocycles. The van der Waals surface area contributed by atoms with Gasteiger partial charge < -0.3 is 5.73 Å². The van der Waals surface area contributed by atoms with Gasteiger partial charge in [-0.2, -0.15) is 0 Å². The lowest BCUT2D eigenvalue weighted by molar-refractivity contribution is 0.754. The van der Waals surface area contributed by atoms with Crippen LogP contribution in [0.1, 0.15) is 19.4 Å². The average molecular weight is 201 g/mol. The zero-order valence-electron chi connectivity index (χ0n) is 9.07. The van der Waals surface area contributed by atoms with Gasteiger partial charge in [0.2, 0.25) is 0 Å². The van der Waals surface area contributed by atoms with Crippen molar-refractivity contribution >= 4 is 11.5 Å². The SMILES string of the molecule is CC(C)C1=CC(c2ccnc(N)c2)=NC1. The van der Waals surface area contributed by atoms with E-state index in [0.29, 0.717) is 11.7 Å². The lowest BCUT2D eigenvalue weighted by Gasteiger charge is -2.02. The largest absolute Gasteiger partial charge is 0.384 e. The van der Waals surface area contributed by atoms with Crippen molar-refractivity contribution in [2.75, 3.05) is 12.3 Å². The summed E-state index contributed by atoms with van der Waals surface area (Å²) in [6.07, 6.45) is 3.87. The van der Waals surface area contributed by atoms with E-state index >= 15 is 0 Å². The summed E-state index contributed by atoms with van der Waals surface area (Å²) >= 11 is 0. The van der Waals surface area contributed by atoms with Crippen LogP contribution in [-0.2, 0) is 0 Å². The molecular weight excluding hydrogens is 186 g/mol. The summed E-state index contributed by atoms with van der Waals surface area (Å²) in [5.41, 5.74) is 9.08.